The van der Waals surface area contributed by atoms with Crippen LogP contribution in [0.25, 0.3) is 0 Å². The van der Waals surface area contributed by atoms with Crippen LogP contribution >= 0.6 is 0 Å². The number of rotatable bonds is 2. The monoisotopic (exact) mass is 146 g/mol. The number of likely N-dealkylation sites (tertiary alicyclic amines) is 1. The molecule has 1 saturated heterocycles. The van der Waals surface area contributed by atoms with Crippen LogP contribution < -0.4 is 5.32 Å². The van der Waals surface area contributed by atoms with Gasteiger partial charge in [-0.1, -0.05) is 0 Å². The summed E-state index contributed by atoms with van der Waals surface area (Å²) in [6, 6.07) is 0.403. The van der Waals surface area contributed by atoms with Crippen molar-refractivity contribution in [2.24, 2.45) is 0 Å². The summed E-state index contributed by atoms with van der Waals surface area (Å²) in [5.74, 6) is 0. The van der Waals surface area contributed by atoms with Gasteiger partial charge >= 0.3 is 0 Å². The first kappa shape index (κ1) is 7.95. The molecule has 1 N–H and O–H groups in total. The molecule has 0 aromatic rings. The molecule has 0 spiro atoms. The summed E-state index contributed by atoms with van der Waals surface area (Å²) in [6.07, 6.45) is 0.0838. The van der Waals surface area contributed by atoms with Crippen molar-refractivity contribution in [3.05, 3.63) is 0 Å². The molecule has 0 aromatic heterocycles. The van der Waals surface area contributed by atoms with E-state index < -0.39 is 6.17 Å². The summed E-state index contributed by atoms with van der Waals surface area (Å²) in [4.78, 5) is 2.07. The maximum absolute atomic E-state index is 12.7. The van der Waals surface area contributed by atoms with Crippen LogP contribution in [-0.2, 0) is 0 Å². The van der Waals surface area contributed by atoms with Crippen LogP contribution in [-0.4, -0.2) is 44.3 Å². The number of hydrogen-bond acceptors (Lipinski definition) is 2. The quantitative estimate of drug-likeness (QED) is 0.600. The third-order valence-corrected chi connectivity index (χ3v) is 2.08. The van der Waals surface area contributed by atoms with Gasteiger partial charge in [0, 0.05) is 19.1 Å². The highest BCUT2D eigenvalue weighted by molar-refractivity contribution is 4.83. The maximum atomic E-state index is 12.7. The van der Waals surface area contributed by atoms with Crippen molar-refractivity contribution in [3.8, 4) is 0 Å². The topological polar surface area (TPSA) is 15.3 Å². The van der Waals surface area contributed by atoms with Gasteiger partial charge in [0.25, 0.3) is 0 Å². The van der Waals surface area contributed by atoms with Crippen molar-refractivity contribution >= 4 is 0 Å². The van der Waals surface area contributed by atoms with Crippen LogP contribution in [0.1, 0.15) is 6.42 Å². The molecule has 0 saturated carbocycles. The summed E-state index contributed by atoms with van der Waals surface area (Å²) in [7, 11) is 3.88. The van der Waals surface area contributed by atoms with E-state index in [0.717, 1.165) is 6.54 Å². The molecule has 1 heterocycles. The summed E-state index contributed by atoms with van der Waals surface area (Å²) in [5, 5.41) is 3.05. The predicted octanol–water partition coefficient (Wildman–Crippen LogP) is 0.248. The molecule has 2 nitrogen and oxygen atoms in total. The maximum Gasteiger partial charge on any atom is 0.114 e. The highest BCUT2D eigenvalue weighted by Crippen LogP contribution is 2.17. The normalized spacial score (nSPS) is 35.1. The zero-order chi connectivity index (χ0) is 7.56. The van der Waals surface area contributed by atoms with E-state index in [0.29, 0.717) is 19.0 Å². The average molecular weight is 146 g/mol. The number of hydrogen-bond donors (Lipinski definition) is 1. The number of alkyl halides is 1. The Morgan fingerprint density at radius 2 is 2.40 bits per heavy atom. The van der Waals surface area contributed by atoms with Gasteiger partial charge in [0.1, 0.15) is 6.17 Å². The molecule has 3 heteroatoms. The van der Waals surface area contributed by atoms with E-state index in [-0.39, 0.29) is 0 Å². The van der Waals surface area contributed by atoms with E-state index in [4.69, 9.17) is 0 Å². The van der Waals surface area contributed by atoms with Crippen molar-refractivity contribution < 1.29 is 4.39 Å². The Morgan fingerprint density at radius 3 is 2.80 bits per heavy atom. The zero-order valence-electron chi connectivity index (χ0n) is 6.60. The molecule has 1 aliphatic rings. The minimum atomic E-state index is -0.608. The molecule has 1 rings (SSSR count). The largest absolute Gasteiger partial charge is 0.318 e. The standard InChI is InChI=1S/C7H15FN2/c1-9-4-7-3-6(8)5-10(7)2/h6-7,9H,3-5H2,1-2H3/t6?,7-/m0/s1. The first-order chi connectivity index (χ1) is 4.74. The molecule has 0 aromatic carbocycles. The smallest absolute Gasteiger partial charge is 0.114 e. The Hall–Kier alpha value is -0.150. The Kier molecular flexibility index (Phi) is 2.63. The van der Waals surface area contributed by atoms with Gasteiger partial charge in [-0.25, -0.2) is 4.39 Å². The first-order valence-electron chi connectivity index (χ1n) is 3.73. The van der Waals surface area contributed by atoms with Gasteiger partial charge in [-0.3, -0.25) is 4.90 Å². The van der Waals surface area contributed by atoms with E-state index in [1.54, 1.807) is 0 Å². The van der Waals surface area contributed by atoms with E-state index in [1.165, 1.54) is 0 Å². The van der Waals surface area contributed by atoms with Crippen LogP contribution in [0.15, 0.2) is 0 Å². The number of halogens is 1. The molecule has 0 amide bonds. The van der Waals surface area contributed by atoms with Crippen molar-refractivity contribution in [2.45, 2.75) is 18.6 Å². The fourth-order valence-corrected chi connectivity index (χ4v) is 1.49. The second-order valence-corrected chi connectivity index (χ2v) is 2.98. The predicted molar refractivity (Wildman–Crippen MR) is 39.9 cm³/mol. The molecular formula is C7H15FN2. The molecular weight excluding hydrogens is 131 g/mol. The number of nitrogens with zero attached hydrogens (tertiary/aromatic N) is 1. The van der Waals surface area contributed by atoms with Gasteiger partial charge in [0.2, 0.25) is 0 Å². The van der Waals surface area contributed by atoms with Gasteiger partial charge < -0.3 is 5.32 Å². The van der Waals surface area contributed by atoms with Gasteiger partial charge in [-0.15, -0.1) is 0 Å². The summed E-state index contributed by atoms with van der Waals surface area (Å²) in [6.45, 7) is 1.50. The Balaban J connectivity index is 2.31. The second-order valence-electron chi connectivity index (χ2n) is 2.98. The van der Waals surface area contributed by atoms with Crippen molar-refractivity contribution in [3.63, 3.8) is 0 Å². The van der Waals surface area contributed by atoms with Gasteiger partial charge in [0.15, 0.2) is 0 Å². The number of nitrogens with one attached hydrogen (secondary N) is 1. The third kappa shape index (κ3) is 1.67. The minimum absolute atomic E-state index is 0.403. The van der Waals surface area contributed by atoms with Crippen molar-refractivity contribution in [2.75, 3.05) is 27.2 Å². The fraction of sp³-hybridized carbons (Fsp3) is 1.00. The molecule has 10 heavy (non-hydrogen) atoms. The SMILES string of the molecule is CNC[C@@H]1CC(F)CN1C. The summed E-state index contributed by atoms with van der Waals surface area (Å²) in [5.41, 5.74) is 0. The molecule has 1 fully saturated rings. The third-order valence-electron chi connectivity index (χ3n) is 2.08. The van der Waals surface area contributed by atoms with Gasteiger partial charge in [-0.05, 0) is 20.5 Å². The van der Waals surface area contributed by atoms with Crippen LogP contribution in [0.5, 0.6) is 0 Å². The van der Waals surface area contributed by atoms with Crippen LogP contribution in [0.4, 0.5) is 4.39 Å². The lowest BCUT2D eigenvalue weighted by atomic mass is 10.2. The second kappa shape index (κ2) is 3.30. The fourth-order valence-electron chi connectivity index (χ4n) is 1.49. The molecule has 0 radical (unpaired) electrons. The first-order valence-corrected chi connectivity index (χ1v) is 3.73. The Bertz CT molecular complexity index is 108. The van der Waals surface area contributed by atoms with Gasteiger partial charge in [0.05, 0.1) is 0 Å². The molecule has 1 aliphatic heterocycles. The van der Waals surface area contributed by atoms with Crippen molar-refractivity contribution in [1.82, 2.24) is 10.2 Å². The van der Waals surface area contributed by atoms with Crippen LogP contribution in [0.3, 0.4) is 0 Å². The molecule has 60 valence electrons. The molecule has 2 atom stereocenters. The highest BCUT2D eigenvalue weighted by atomic mass is 19.1. The van der Waals surface area contributed by atoms with E-state index >= 15 is 0 Å². The lowest BCUT2D eigenvalue weighted by molar-refractivity contribution is 0.291. The Morgan fingerprint density at radius 1 is 1.70 bits per heavy atom. The number of likely N-dealkylation sites (N-methyl/N-ethyl adjacent to an activating group) is 2. The van der Waals surface area contributed by atoms with Crippen molar-refractivity contribution in [1.29, 1.82) is 0 Å². The van der Waals surface area contributed by atoms with Gasteiger partial charge in [-0.2, -0.15) is 0 Å². The average Bonchev–Trinajstić information content (AvgIpc) is 2.13. The van der Waals surface area contributed by atoms with E-state index in [2.05, 4.69) is 10.2 Å². The van der Waals surface area contributed by atoms with E-state index in [9.17, 15) is 4.39 Å². The lowest BCUT2D eigenvalue weighted by Crippen LogP contribution is -2.33. The van der Waals surface area contributed by atoms with Crippen LogP contribution in [0.2, 0.25) is 0 Å². The lowest BCUT2D eigenvalue weighted by Gasteiger charge is -2.17. The molecule has 0 aliphatic carbocycles. The molecule has 1 unspecified atom stereocenters. The highest BCUT2D eigenvalue weighted by Gasteiger charge is 2.28. The summed E-state index contributed by atoms with van der Waals surface area (Å²) >= 11 is 0. The Labute approximate surface area is 61.4 Å². The summed E-state index contributed by atoms with van der Waals surface area (Å²) < 4.78 is 12.7. The molecule has 0 bridgehead atoms. The zero-order valence-corrected chi connectivity index (χ0v) is 6.60. The minimum Gasteiger partial charge on any atom is -0.318 e. The van der Waals surface area contributed by atoms with Crippen LogP contribution in [0, 0.1) is 0 Å². The van der Waals surface area contributed by atoms with E-state index in [1.807, 2.05) is 14.1 Å².